The number of nitrogens with zero attached hydrogens (tertiary/aromatic N) is 1. The molecular formula is C10H11NO2. The Kier molecular flexibility index (Phi) is 1.93. The Hall–Kier alpha value is -1.51. The van der Waals surface area contributed by atoms with Gasteiger partial charge in [0.1, 0.15) is 11.3 Å². The van der Waals surface area contributed by atoms with Gasteiger partial charge in [0.25, 0.3) is 0 Å². The molecule has 0 bridgehead atoms. The summed E-state index contributed by atoms with van der Waals surface area (Å²) in [6, 6.07) is 3.68. The zero-order valence-corrected chi connectivity index (χ0v) is 7.65. The van der Waals surface area contributed by atoms with E-state index >= 15 is 0 Å². The summed E-state index contributed by atoms with van der Waals surface area (Å²) in [6.45, 7) is 3.96. The summed E-state index contributed by atoms with van der Waals surface area (Å²) >= 11 is 0. The highest BCUT2D eigenvalue weighted by Crippen LogP contribution is 2.19. The molecule has 13 heavy (non-hydrogen) atoms. The van der Waals surface area contributed by atoms with Crippen molar-refractivity contribution < 1.29 is 9.15 Å². The Labute approximate surface area is 76.3 Å². The van der Waals surface area contributed by atoms with Crippen molar-refractivity contribution in [2.75, 3.05) is 0 Å². The summed E-state index contributed by atoms with van der Waals surface area (Å²) in [5.41, 5.74) is 1.62. The first kappa shape index (κ1) is 8.10. The predicted molar refractivity (Wildman–Crippen MR) is 49.8 cm³/mol. The number of hydrogen-bond acceptors (Lipinski definition) is 3. The average molecular weight is 177 g/mol. The van der Waals surface area contributed by atoms with Crippen molar-refractivity contribution in [2.45, 2.75) is 20.0 Å². The van der Waals surface area contributed by atoms with Crippen LogP contribution in [0.3, 0.4) is 0 Å². The minimum Gasteiger partial charge on any atom is -0.489 e. The topological polar surface area (TPSA) is 35.3 Å². The molecule has 0 fully saturated rings. The molecule has 3 nitrogen and oxygen atoms in total. The number of rotatable bonds is 2. The van der Waals surface area contributed by atoms with Crippen LogP contribution in [-0.4, -0.2) is 11.1 Å². The third-order valence-corrected chi connectivity index (χ3v) is 1.65. The molecule has 2 aromatic heterocycles. The Morgan fingerprint density at radius 2 is 2.31 bits per heavy atom. The SMILES string of the molecule is CC(C)Oc1cnc2ccoc2c1. The molecular weight excluding hydrogens is 166 g/mol. The molecule has 0 unspecified atom stereocenters. The molecule has 0 spiro atoms. The van der Waals surface area contributed by atoms with Crippen LogP contribution in [0.15, 0.2) is 29.0 Å². The van der Waals surface area contributed by atoms with Crippen LogP contribution in [-0.2, 0) is 0 Å². The van der Waals surface area contributed by atoms with E-state index in [4.69, 9.17) is 9.15 Å². The maximum Gasteiger partial charge on any atom is 0.155 e. The van der Waals surface area contributed by atoms with E-state index in [1.807, 2.05) is 26.0 Å². The number of ether oxygens (including phenoxy) is 1. The molecule has 68 valence electrons. The summed E-state index contributed by atoms with van der Waals surface area (Å²) in [6.07, 6.45) is 3.49. The van der Waals surface area contributed by atoms with Gasteiger partial charge in [0.2, 0.25) is 0 Å². The van der Waals surface area contributed by atoms with Crippen LogP contribution in [0, 0.1) is 0 Å². The highest BCUT2D eigenvalue weighted by Gasteiger charge is 2.02. The van der Waals surface area contributed by atoms with E-state index in [0.717, 1.165) is 16.8 Å². The summed E-state index contributed by atoms with van der Waals surface area (Å²) in [4.78, 5) is 4.18. The summed E-state index contributed by atoms with van der Waals surface area (Å²) in [5.74, 6) is 0.748. The molecule has 2 aromatic rings. The summed E-state index contributed by atoms with van der Waals surface area (Å²) < 4.78 is 10.7. The Morgan fingerprint density at radius 3 is 3.08 bits per heavy atom. The van der Waals surface area contributed by atoms with Crippen molar-refractivity contribution in [3.8, 4) is 5.75 Å². The van der Waals surface area contributed by atoms with Crippen LogP contribution in [0.2, 0.25) is 0 Å². The molecule has 0 aliphatic carbocycles. The zero-order chi connectivity index (χ0) is 9.26. The maximum atomic E-state index is 5.47. The smallest absolute Gasteiger partial charge is 0.155 e. The van der Waals surface area contributed by atoms with Crippen molar-refractivity contribution >= 4 is 11.1 Å². The van der Waals surface area contributed by atoms with E-state index in [0.29, 0.717) is 0 Å². The monoisotopic (exact) mass is 177 g/mol. The first-order valence-corrected chi connectivity index (χ1v) is 4.25. The van der Waals surface area contributed by atoms with Gasteiger partial charge in [0.15, 0.2) is 5.58 Å². The Balaban J connectivity index is 2.37. The number of pyridine rings is 1. The lowest BCUT2D eigenvalue weighted by molar-refractivity contribution is 0.241. The van der Waals surface area contributed by atoms with Crippen LogP contribution < -0.4 is 4.74 Å². The lowest BCUT2D eigenvalue weighted by atomic mass is 10.4. The fourth-order valence-corrected chi connectivity index (χ4v) is 1.17. The van der Waals surface area contributed by atoms with E-state index in [1.165, 1.54) is 0 Å². The van der Waals surface area contributed by atoms with Crippen LogP contribution >= 0.6 is 0 Å². The highest BCUT2D eigenvalue weighted by molar-refractivity contribution is 5.73. The van der Waals surface area contributed by atoms with Gasteiger partial charge in [-0.05, 0) is 13.8 Å². The van der Waals surface area contributed by atoms with Gasteiger partial charge >= 0.3 is 0 Å². The molecule has 0 aliphatic heterocycles. The van der Waals surface area contributed by atoms with Gasteiger partial charge < -0.3 is 9.15 Å². The second-order valence-electron chi connectivity index (χ2n) is 3.14. The molecule has 3 heteroatoms. The molecule has 2 rings (SSSR count). The third kappa shape index (κ3) is 1.64. The van der Waals surface area contributed by atoms with Crippen molar-refractivity contribution in [1.82, 2.24) is 4.98 Å². The minimum atomic E-state index is 0.161. The molecule has 0 atom stereocenters. The lowest BCUT2D eigenvalue weighted by Gasteiger charge is -2.07. The molecule has 0 saturated carbocycles. The molecule has 2 heterocycles. The third-order valence-electron chi connectivity index (χ3n) is 1.65. The van der Waals surface area contributed by atoms with Crippen molar-refractivity contribution in [1.29, 1.82) is 0 Å². The second-order valence-corrected chi connectivity index (χ2v) is 3.14. The standard InChI is InChI=1S/C10H11NO2/c1-7(2)13-8-5-10-9(11-6-8)3-4-12-10/h3-7H,1-2H3. The van der Waals surface area contributed by atoms with E-state index < -0.39 is 0 Å². The van der Waals surface area contributed by atoms with Gasteiger partial charge in [0.05, 0.1) is 18.6 Å². The van der Waals surface area contributed by atoms with Crippen LogP contribution in [0.1, 0.15) is 13.8 Å². The fourth-order valence-electron chi connectivity index (χ4n) is 1.17. The Bertz CT molecular complexity index is 406. The maximum absolute atomic E-state index is 5.47. The van der Waals surface area contributed by atoms with Crippen LogP contribution in [0.5, 0.6) is 5.75 Å². The fraction of sp³-hybridized carbons (Fsp3) is 0.300. The van der Waals surface area contributed by atoms with Crippen molar-refractivity contribution in [3.63, 3.8) is 0 Å². The molecule has 0 aliphatic rings. The summed E-state index contributed by atoms with van der Waals surface area (Å²) in [5, 5.41) is 0. The molecule has 0 N–H and O–H groups in total. The Morgan fingerprint density at radius 1 is 1.46 bits per heavy atom. The quantitative estimate of drug-likeness (QED) is 0.707. The van der Waals surface area contributed by atoms with Gasteiger partial charge in [-0.1, -0.05) is 0 Å². The zero-order valence-electron chi connectivity index (χ0n) is 7.65. The molecule has 0 aromatic carbocycles. The van der Waals surface area contributed by atoms with Crippen molar-refractivity contribution in [3.05, 3.63) is 24.6 Å². The van der Waals surface area contributed by atoms with Crippen LogP contribution in [0.4, 0.5) is 0 Å². The lowest BCUT2D eigenvalue weighted by Crippen LogP contribution is -2.05. The molecule has 0 saturated heterocycles. The minimum absolute atomic E-state index is 0.161. The number of furan rings is 1. The van der Waals surface area contributed by atoms with Gasteiger partial charge in [0, 0.05) is 12.1 Å². The average Bonchev–Trinajstić information content (AvgIpc) is 2.49. The highest BCUT2D eigenvalue weighted by atomic mass is 16.5. The van der Waals surface area contributed by atoms with Crippen molar-refractivity contribution in [2.24, 2.45) is 0 Å². The molecule has 0 radical (unpaired) electrons. The normalized spacial score (nSPS) is 11.0. The van der Waals surface area contributed by atoms with Gasteiger partial charge in [-0.25, -0.2) is 4.98 Å². The number of hydrogen-bond donors (Lipinski definition) is 0. The first-order chi connectivity index (χ1) is 6.25. The number of fused-ring (bicyclic) bond motifs is 1. The van der Waals surface area contributed by atoms with Gasteiger partial charge in [-0.2, -0.15) is 0 Å². The second kappa shape index (κ2) is 3.09. The van der Waals surface area contributed by atoms with E-state index in [1.54, 1.807) is 12.5 Å². The van der Waals surface area contributed by atoms with E-state index in [2.05, 4.69) is 4.98 Å². The van der Waals surface area contributed by atoms with E-state index in [-0.39, 0.29) is 6.10 Å². The summed E-state index contributed by atoms with van der Waals surface area (Å²) in [7, 11) is 0. The van der Waals surface area contributed by atoms with Gasteiger partial charge in [-0.15, -0.1) is 0 Å². The van der Waals surface area contributed by atoms with Gasteiger partial charge in [-0.3, -0.25) is 0 Å². The largest absolute Gasteiger partial charge is 0.489 e. The first-order valence-electron chi connectivity index (χ1n) is 4.25. The number of aromatic nitrogens is 1. The van der Waals surface area contributed by atoms with E-state index in [9.17, 15) is 0 Å². The predicted octanol–water partition coefficient (Wildman–Crippen LogP) is 2.62. The molecule has 0 amide bonds. The van der Waals surface area contributed by atoms with Crippen LogP contribution in [0.25, 0.3) is 11.1 Å².